The lowest BCUT2D eigenvalue weighted by Gasteiger charge is -2.47. The summed E-state index contributed by atoms with van der Waals surface area (Å²) in [5, 5.41) is 83.2. The number of aryl methyl sites for hydroxylation is 2. The molecular formula is C51H78N16O13. The van der Waals surface area contributed by atoms with Crippen LogP contribution in [0.1, 0.15) is 30.7 Å². The molecular weight excluding hydrogens is 1040 g/mol. The minimum Gasteiger partial charge on any atom is -0.492 e. The third-order valence-electron chi connectivity index (χ3n) is 15.9. The zero-order chi connectivity index (χ0) is 56.4. The third-order valence-corrected chi connectivity index (χ3v) is 15.9. The second-order valence-electron chi connectivity index (χ2n) is 21.6. The van der Waals surface area contributed by atoms with Crippen molar-refractivity contribution in [3.63, 3.8) is 0 Å². The molecule has 1 aliphatic carbocycles. The van der Waals surface area contributed by atoms with Crippen LogP contribution in [0, 0.1) is 0 Å². The van der Waals surface area contributed by atoms with E-state index in [1.165, 1.54) is 10.4 Å². The molecule has 5 aliphatic rings. The van der Waals surface area contributed by atoms with Crippen LogP contribution in [0.3, 0.4) is 0 Å². The van der Waals surface area contributed by atoms with Gasteiger partial charge in [0.2, 0.25) is 0 Å². The molecule has 440 valence electrons. The molecule has 3 aromatic heterocycles. The van der Waals surface area contributed by atoms with Crippen molar-refractivity contribution >= 4 is 16.7 Å². The molecule has 0 bridgehead atoms. The van der Waals surface area contributed by atoms with Crippen LogP contribution in [0.5, 0.6) is 5.75 Å². The van der Waals surface area contributed by atoms with E-state index in [9.17, 15) is 30.6 Å². The van der Waals surface area contributed by atoms with Gasteiger partial charge in [-0.2, -0.15) is 0 Å². The number of nitrogens with one attached hydrogen (secondary N) is 1. The topological polar surface area (TPSA) is 439 Å². The SMILES string of the molecule is CN1CCN(c2ccc3nc(-c4ccc(OCCn5cc(CCCCc6cn(C[C@H]7OC(O[C@@H]8C(O)[C@H](N)CC(N)[C@H]8O[C@@H]8OC(CN)[C@@H](O)[C@H](O)C8N)[C@@H](O)[C@H]7O[C@H]7O[C@@H](CN)[C@@H](O)C(O)C7N)nn6)nn5)cc4)[nH]c3c2)CC1. The fourth-order valence-electron chi connectivity index (χ4n) is 11.0. The lowest BCUT2D eigenvalue weighted by Crippen LogP contribution is -2.68. The highest BCUT2D eigenvalue weighted by molar-refractivity contribution is 5.83. The molecule has 29 nitrogen and oxygen atoms in total. The number of nitrogens with two attached hydrogens (primary N) is 6. The van der Waals surface area contributed by atoms with Gasteiger partial charge in [-0.15, -0.1) is 10.2 Å². The molecule has 5 aromatic rings. The molecule has 19 atom stereocenters. The number of hydrogen-bond donors (Lipinski definition) is 13. The predicted octanol–water partition coefficient (Wildman–Crippen LogP) is -5.06. The summed E-state index contributed by atoms with van der Waals surface area (Å²) in [5.74, 6) is 1.54. The smallest absolute Gasteiger partial charge is 0.187 e. The molecule has 5 fully saturated rings. The average Bonchev–Trinajstić information content (AvgIpc) is 4.30. The number of piperazine rings is 1. The number of nitrogens with zero attached hydrogens (tertiary/aromatic N) is 9. The highest BCUT2D eigenvalue weighted by atomic mass is 16.8. The van der Waals surface area contributed by atoms with Crippen molar-refractivity contribution in [1.82, 2.24) is 44.9 Å². The molecule has 4 saturated heterocycles. The second-order valence-corrected chi connectivity index (χ2v) is 21.6. The number of unbranched alkanes of at least 4 members (excludes halogenated alkanes) is 1. The van der Waals surface area contributed by atoms with Crippen LogP contribution in [-0.2, 0) is 54.4 Å². The minimum atomic E-state index is -1.62. The van der Waals surface area contributed by atoms with Gasteiger partial charge in [-0.05, 0) is 81.6 Å². The molecule has 29 heteroatoms. The molecule has 80 heavy (non-hydrogen) atoms. The van der Waals surface area contributed by atoms with E-state index < -0.39 is 116 Å². The van der Waals surface area contributed by atoms with E-state index >= 15 is 0 Å². The first-order chi connectivity index (χ1) is 38.5. The standard InChI is InChI=1S/C51H78N16O13/c1-64-12-14-65(15-13-64)28-8-11-32-33(18-28)59-48(58-32)25-6-9-29(10-7-25)74-17-16-66-22-26(60-62-66)4-2-3-5-27-23-67(63-61-27)24-36-46(79-50-38(57)43(72)41(70)35(21-53)76-50)44(73)51(77-36)80-47-39(68)30(54)19-31(55)45(47)78-49-37(56)42(71)40(69)34(20-52)75-49/h6-11,18,22-23,30-31,34-47,49-51,68-73H,2-5,12-17,19-21,24,52-57H2,1H3,(H,58,59)/t30-,31?,34?,35+,36-,37?,38?,39?,40-,41-,42-,43?,44+,45-,46+,47-,49+,50-,51?/m1/s1. The number of ether oxygens (including phenoxy) is 7. The first kappa shape index (κ1) is 58.2. The number of likely N-dealkylation sites (N-methyl/N-ethyl adjacent to an activating group) is 1. The van der Waals surface area contributed by atoms with Gasteiger partial charge in [-0.1, -0.05) is 10.4 Å². The lowest BCUT2D eigenvalue weighted by molar-refractivity contribution is -0.306. The highest BCUT2D eigenvalue weighted by Gasteiger charge is 2.54. The number of aromatic amines is 1. The van der Waals surface area contributed by atoms with Gasteiger partial charge in [0.05, 0.1) is 53.7 Å². The summed E-state index contributed by atoms with van der Waals surface area (Å²) in [6.07, 6.45) is -13.6. The van der Waals surface area contributed by atoms with E-state index in [-0.39, 0.29) is 26.1 Å². The molecule has 0 spiro atoms. The van der Waals surface area contributed by atoms with E-state index in [1.807, 2.05) is 30.5 Å². The Balaban J connectivity index is 0.718. The van der Waals surface area contributed by atoms with Crippen molar-refractivity contribution in [1.29, 1.82) is 0 Å². The lowest BCUT2D eigenvalue weighted by atomic mass is 9.84. The van der Waals surface area contributed by atoms with E-state index in [2.05, 4.69) is 60.7 Å². The Morgan fingerprint density at radius 1 is 0.637 bits per heavy atom. The Morgan fingerprint density at radius 2 is 1.23 bits per heavy atom. The van der Waals surface area contributed by atoms with Gasteiger partial charge in [0.25, 0.3) is 0 Å². The zero-order valence-corrected chi connectivity index (χ0v) is 44.6. The van der Waals surface area contributed by atoms with Crippen LogP contribution in [0.25, 0.3) is 22.4 Å². The van der Waals surface area contributed by atoms with E-state index in [4.69, 9.17) is 72.5 Å². The highest BCUT2D eigenvalue weighted by Crippen LogP contribution is 2.35. The van der Waals surface area contributed by atoms with Crippen LogP contribution >= 0.6 is 0 Å². The van der Waals surface area contributed by atoms with E-state index in [0.29, 0.717) is 31.7 Å². The van der Waals surface area contributed by atoms with Gasteiger partial charge < -0.3 is 113 Å². The zero-order valence-electron chi connectivity index (χ0n) is 44.6. The third kappa shape index (κ3) is 13.0. The summed E-state index contributed by atoms with van der Waals surface area (Å²) < 4.78 is 46.1. The van der Waals surface area contributed by atoms with Gasteiger partial charge in [-0.25, -0.2) is 14.3 Å². The maximum Gasteiger partial charge on any atom is 0.187 e. The van der Waals surface area contributed by atoms with Gasteiger partial charge in [0.15, 0.2) is 18.9 Å². The van der Waals surface area contributed by atoms with Crippen LogP contribution in [0.15, 0.2) is 54.9 Å². The molecule has 1 saturated carbocycles. The van der Waals surface area contributed by atoms with Crippen LogP contribution in [0.2, 0.25) is 0 Å². The fraction of sp³-hybridized carbons (Fsp3) is 0.667. The molecule has 19 N–H and O–H groups in total. The van der Waals surface area contributed by atoms with Gasteiger partial charge in [0.1, 0.15) is 85.3 Å². The number of aromatic nitrogens is 8. The van der Waals surface area contributed by atoms with Crippen LogP contribution in [-0.4, -0.2) is 245 Å². The fourth-order valence-corrected chi connectivity index (χ4v) is 11.0. The van der Waals surface area contributed by atoms with Crippen molar-refractivity contribution in [2.24, 2.45) is 34.4 Å². The minimum absolute atomic E-state index is 0.0429. The Labute approximate surface area is 461 Å². The Bertz CT molecular complexity index is 2750. The van der Waals surface area contributed by atoms with Crippen molar-refractivity contribution < 1.29 is 63.8 Å². The number of aliphatic hydroxyl groups excluding tert-OH is 6. The number of fused-ring (bicyclic) bond motifs is 1. The quantitative estimate of drug-likeness (QED) is 0.0306. The number of hydrogen-bond acceptors (Lipinski definition) is 26. The van der Waals surface area contributed by atoms with Crippen LogP contribution in [0.4, 0.5) is 5.69 Å². The molecule has 0 radical (unpaired) electrons. The summed E-state index contributed by atoms with van der Waals surface area (Å²) in [4.78, 5) is 13.1. The number of imidazole rings is 1. The second kappa shape index (κ2) is 25.7. The number of rotatable bonds is 21. The van der Waals surface area contributed by atoms with E-state index in [1.54, 1.807) is 10.9 Å². The average molecular weight is 1120 g/mol. The largest absolute Gasteiger partial charge is 0.492 e. The normalized spacial score (nSPS) is 35.3. The monoisotopic (exact) mass is 1120 g/mol. The predicted molar refractivity (Wildman–Crippen MR) is 285 cm³/mol. The van der Waals surface area contributed by atoms with Gasteiger partial charge in [0, 0.05) is 75.0 Å². The van der Waals surface area contributed by atoms with Crippen molar-refractivity contribution in [3.8, 4) is 17.1 Å². The van der Waals surface area contributed by atoms with Gasteiger partial charge in [-0.3, -0.25) is 0 Å². The Kier molecular flexibility index (Phi) is 18.7. The molecule has 4 aliphatic heterocycles. The molecule has 7 unspecified atom stereocenters. The van der Waals surface area contributed by atoms with Gasteiger partial charge >= 0.3 is 0 Å². The molecule has 10 rings (SSSR count). The maximum absolute atomic E-state index is 11.9. The summed E-state index contributed by atoms with van der Waals surface area (Å²) in [6.45, 7) is 4.61. The summed E-state index contributed by atoms with van der Waals surface area (Å²) in [6, 6.07) is 9.95. The van der Waals surface area contributed by atoms with Crippen molar-refractivity contribution in [3.05, 3.63) is 66.2 Å². The summed E-state index contributed by atoms with van der Waals surface area (Å²) >= 11 is 0. The molecule has 2 aromatic carbocycles. The molecule has 0 amide bonds. The van der Waals surface area contributed by atoms with Crippen LogP contribution < -0.4 is 44.0 Å². The maximum atomic E-state index is 11.9. The number of aliphatic hydroxyl groups is 6. The number of anilines is 1. The van der Waals surface area contributed by atoms with Crippen molar-refractivity contribution in [2.45, 2.75) is 161 Å². The molecule has 7 heterocycles. The number of benzene rings is 2. The Morgan fingerprint density at radius 3 is 1.86 bits per heavy atom. The summed E-state index contributed by atoms with van der Waals surface area (Å²) in [7, 11) is 2.15. The summed E-state index contributed by atoms with van der Waals surface area (Å²) in [5.41, 5.74) is 42.6. The number of H-pyrrole nitrogens is 1. The van der Waals surface area contributed by atoms with E-state index in [0.717, 1.165) is 72.9 Å². The first-order valence-corrected chi connectivity index (χ1v) is 27.4. The Hall–Kier alpha value is -4.97. The first-order valence-electron chi connectivity index (χ1n) is 27.4. The van der Waals surface area contributed by atoms with Crippen molar-refractivity contribution in [2.75, 3.05) is 57.8 Å².